The fraction of sp³-hybridized carbons (Fsp3) is 0.136. The third-order valence-electron chi connectivity index (χ3n) is 4.38. The fourth-order valence-corrected chi connectivity index (χ4v) is 3.18. The summed E-state index contributed by atoms with van der Waals surface area (Å²) in [5.41, 5.74) is 4.86. The molecule has 0 amide bonds. The van der Waals surface area contributed by atoms with Crippen LogP contribution < -0.4 is 0 Å². The Kier molecular flexibility index (Phi) is 4.57. The quantitative estimate of drug-likeness (QED) is 0.512. The van der Waals surface area contributed by atoms with E-state index in [1.54, 1.807) is 0 Å². The molecule has 0 spiro atoms. The van der Waals surface area contributed by atoms with Crippen LogP contribution in [0.25, 0.3) is 11.0 Å². The Balaban J connectivity index is 1.60. The standard InChI is InChI=1S/C22H21N3/c1-3-9-19(10-4-1)15-24(16-20-11-5-2-6-12-20)18-25-17-23-21-13-7-8-14-22(21)25/h1-14,17H,15-16,18H2. The lowest BCUT2D eigenvalue weighted by Gasteiger charge is -2.23. The molecule has 25 heavy (non-hydrogen) atoms. The van der Waals surface area contributed by atoms with Crippen LogP contribution in [0.15, 0.2) is 91.3 Å². The third-order valence-corrected chi connectivity index (χ3v) is 4.38. The molecule has 124 valence electrons. The van der Waals surface area contributed by atoms with Gasteiger partial charge in [0.1, 0.15) is 0 Å². The summed E-state index contributed by atoms with van der Waals surface area (Å²) in [5, 5.41) is 0. The van der Waals surface area contributed by atoms with Crippen LogP contribution in [-0.2, 0) is 19.8 Å². The SMILES string of the molecule is c1ccc(CN(Cc2ccccc2)Cn2cnc3ccccc32)cc1. The highest BCUT2D eigenvalue weighted by atomic mass is 15.3. The van der Waals surface area contributed by atoms with Gasteiger partial charge in [0.25, 0.3) is 0 Å². The van der Waals surface area contributed by atoms with Crippen LogP contribution in [0.5, 0.6) is 0 Å². The zero-order valence-electron chi connectivity index (χ0n) is 14.1. The minimum Gasteiger partial charge on any atom is -0.317 e. The summed E-state index contributed by atoms with van der Waals surface area (Å²) in [4.78, 5) is 6.97. The summed E-state index contributed by atoms with van der Waals surface area (Å²) in [6, 6.07) is 29.6. The van der Waals surface area contributed by atoms with E-state index in [1.807, 2.05) is 12.4 Å². The van der Waals surface area contributed by atoms with E-state index >= 15 is 0 Å². The van der Waals surface area contributed by atoms with E-state index in [4.69, 9.17) is 0 Å². The summed E-state index contributed by atoms with van der Waals surface area (Å²) in [6.07, 6.45) is 1.94. The second kappa shape index (κ2) is 7.32. The number of hydrogen-bond donors (Lipinski definition) is 0. The zero-order chi connectivity index (χ0) is 16.9. The minimum atomic E-state index is 0.810. The molecule has 3 nitrogen and oxygen atoms in total. The van der Waals surface area contributed by atoms with E-state index in [2.05, 4.69) is 93.3 Å². The largest absolute Gasteiger partial charge is 0.317 e. The summed E-state index contributed by atoms with van der Waals surface area (Å²) >= 11 is 0. The van der Waals surface area contributed by atoms with E-state index in [1.165, 1.54) is 16.6 Å². The van der Waals surface area contributed by atoms with Crippen molar-refractivity contribution in [3.63, 3.8) is 0 Å². The van der Waals surface area contributed by atoms with Gasteiger partial charge in [-0.05, 0) is 23.3 Å². The van der Waals surface area contributed by atoms with Crippen molar-refractivity contribution in [1.29, 1.82) is 0 Å². The number of imidazole rings is 1. The first-order chi connectivity index (χ1) is 12.4. The van der Waals surface area contributed by atoms with Crippen LogP contribution >= 0.6 is 0 Å². The molecule has 0 aliphatic heterocycles. The Bertz CT molecular complexity index is 888. The van der Waals surface area contributed by atoms with Crippen LogP contribution in [0, 0.1) is 0 Å². The number of aromatic nitrogens is 2. The highest BCUT2D eigenvalue weighted by Crippen LogP contribution is 2.16. The van der Waals surface area contributed by atoms with Crippen LogP contribution in [0.3, 0.4) is 0 Å². The number of nitrogens with zero attached hydrogens (tertiary/aromatic N) is 3. The third kappa shape index (κ3) is 3.78. The van der Waals surface area contributed by atoms with Crippen LogP contribution in [0.1, 0.15) is 11.1 Å². The molecule has 3 aromatic carbocycles. The number of para-hydroxylation sites is 2. The first-order valence-corrected chi connectivity index (χ1v) is 8.58. The summed E-state index contributed by atoms with van der Waals surface area (Å²) in [7, 11) is 0. The topological polar surface area (TPSA) is 21.1 Å². The van der Waals surface area contributed by atoms with Gasteiger partial charge in [-0.3, -0.25) is 4.90 Å². The maximum atomic E-state index is 4.52. The van der Waals surface area contributed by atoms with Gasteiger partial charge in [-0.15, -0.1) is 0 Å². The van der Waals surface area contributed by atoms with E-state index in [9.17, 15) is 0 Å². The van der Waals surface area contributed by atoms with Gasteiger partial charge in [-0.2, -0.15) is 0 Å². The van der Waals surface area contributed by atoms with Crippen molar-refractivity contribution in [3.05, 3.63) is 102 Å². The molecular formula is C22H21N3. The predicted molar refractivity (Wildman–Crippen MR) is 102 cm³/mol. The maximum absolute atomic E-state index is 4.52. The van der Waals surface area contributed by atoms with Crippen LogP contribution in [-0.4, -0.2) is 14.5 Å². The van der Waals surface area contributed by atoms with Crippen LogP contribution in [0.2, 0.25) is 0 Å². The van der Waals surface area contributed by atoms with Crippen molar-refractivity contribution >= 4 is 11.0 Å². The van der Waals surface area contributed by atoms with E-state index in [0.717, 1.165) is 25.3 Å². The lowest BCUT2D eigenvalue weighted by molar-refractivity contribution is 0.203. The second-order valence-corrected chi connectivity index (χ2v) is 6.30. The molecule has 4 aromatic rings. The molecule has 0 bridgehead atoms. The monoisotopic (exact) mass is 327 g/mol. The fourth-order valence-electron chi connectivity index (χ4n) is 3.18. The van der Waals surface area contributed by atoms with Gasteiger partial charge < -0.3 is 4.57 Å². The van der Waals surface area contributed by atoms with Gasteiger partial charge in [-0.1, -0.05) is 72.8 Å². The average Bonchev–Trinajstić information content (AvgIpc) is 3.06. The number of fused-ring (bicyclic) bond motifs is 1. The molecule has 0 radical (unpaired) electrons. The van der Waals surface area contributed by atoms with Gasteiger partial charge in [0.2, 0.25) is 0 Å². The van der Waals surface area contributed by atoms with E-state index < -0.39 is 0 Å². The van der Waals surface area contributed by atoms with Crippen LogP contribution in [0.4, 0.5) is 0 Å². The van der Waals surface area contributed by atoms with Crippen molar-refractivity contribution < 1.29 is 0 Å². The van der Waals surface area contributed by atoms with Crippen molar-refractivity contribution in [3.8, 4) is 0 Å². The van der Waals surface area contributed by atoms with Gasteiger partial charge in [0.15, 0.2) is 0 Å². The Morgan fingerprint density at radius 2 is 1.24 bits per heavy atom. The second-order valence-electron chi connectivity index (χ2n) is 6.30. The van der Waals surface area contributed by atoms with Crippen molar-refractivity contribution in [2.45, 2.75) is 19.8 Å². The van der Waals surface area contributed by atoms with Crippen molar-refractivity contribution in [1.82, 2.24) is 14.5 Å². The highest BCUT2D eigenvalue weighted by molar-refractivity contribution is 5.74. The molecule has 4 rings (SSSR count). The molecule has 3 heteroatoms. The molecule has 0 saturated heterocycles. The normalized spacial score (nSPS) is 11.2. The molecule has 0 fully saturated rings. The van der Waals surface area contributed by atoms with Gasteiger partial charge in [-0.25, -0.2) is 4.98 Å². The molecule has 0 atom stereocenters. The minimum absolute atomic E-state index is 0.810. The first kappa shape index (κ1) is 15.6. The average molecular weight is 327 g/mol. The number of benzene rings is 3. The Morgan fingerprint density at radius 3 is 1.88 bits per heavy atom. The summed E-state index contributed by atoms with van der Waals surface area (Å²) < 4.78 is 2.22. The predicted octanol–water partition coefficient (Wildman–Crippen LogP) is 4.70. The summed E-state index contributed by atoms with van der Waals surface area (Å²) in [5.74, 6) is 0. The Labute approximate surface area is 148 Å². The van der Waals surface area contributed by atoms with E-state index in [0.29, 0.717) is 0 Å². The lowest BCUT2D eigenvalue weighted by Crippen LogP contribution is -2.25. The molecule has 0 saturated carbocycles. The highest BCUT2D eigenvalue weighted by Gasteiger charge is 2.10. The summed E-state index contributed by atoms with van der Waals surface area (Å²) in [6.45, 7) is 2.62. The van der Waals surface area contributed by atoms with Gasteiger partial charge in [0, 0.05) is 13.1 Å². The van der Waals surface area contributed by atoms with E-state index in [-0.39, 0.29) is 0 Å². The smallest absolute Gasteiger partial charge is 0.0969 e. The lowest BCUT2D eigenvalue weighted by atomic mass is 10.2. The molecule has 0 unspecified atom stereocenters. The molecule has 0 aliphatic rings. The maximum Gasteiger partial charge on any atom is 0.0969 e. The molecule has 0 aliphatic carbocycles. The number of rotatable bonds is 6. The van der Waals surface area contributed by atoms with Gasteiger partial charge in [0.05, 0.1) is 24.0 Å². The molecule has 1 heterocycles. The van der Waals surface area contributed by atoms with Gasteiger partial charge >= 0.3 is 0 Å². The zero-order valence-corrected chi connectivity index (χ0v) is 14.1. The Morgan fingerprint density at radius 1 is 0.680 bits per heavy atom. The molecular weight excluding hydrogens is 306 g/mol. The Hall–Kier alpha value is -2.91. The molecule has 1 aromatic heterocycles. The number of hydrogen-bond acceptors (Lipinski definition) is 2. The van der Waals surface area contributed by atoms with Crippen molar-refractivity contribution in [2.24, 2.45) is 0 Å². The first-order valence-electron chi connectivity index (χ1n) is 8.58. The molecule has 0 N–H and O–H groups in total. The van der Waals surface area contributed by atoms with Crippen molar-refractivity contribution in [2.75, 3.05) is 0 Å².